The van der Waals surface area contributed by atoms with Crippen LogP contribution in [-0.2, 0) is 9.59 Å². The second-order valence-electron chi connectivity index (χ2n) is 11.2. The summed E-state index contributed by atoms with van der Waals surface area (Å²) >= 11 is 0. The fraction of sp³-hybridized carbons (Fsp3) is 0.917. The number of carbonyl (C=O) groups excluding carboxylic acids is 1. The van der Waals surface area contributed by atoms with Gasteiger partial charge < -0.3 is 10.2 Å². The Hall–Kier alpha value is -0.900. The maximum Gasteiger partial charge on any atom is 0.303 e. The summed E-state index contributed by atoms with van der Waals surface area (Å²) in [4.78, 5) is 23.1. The number of fused-ring (bicyclic) bond motifs is 5. The Labute approximate surface area is 169 Å². The summed E-state index contributed by atoms with van der Waals surface area (Å²) in [6, 6.07) is 0. The molecule has 0 radical (unpaired) electrons. The van der Waals surface area contributed by atoms with Gasteiger partial charge >= 0.3 is 5.97 Å². The van der Waals surface area contributed by atoms with Gasteiger partial charge in [-0.3, -0.25) is 9.59 Å². The number of aliphatic hydroxyl groups excluding tert-OH is 1. The highest BCUT2D eigenvalue weighted by Crippen LogP contribution is 2.68. The monoisotopic (exact) mass is 390 g/mol. The molecule has 4 rings (SSSR count). The van der Waals surface area contributed by atoms with Gasteiger partial charge in [-0.05, 0) is 91.3 Å². The first-order valence-electron chi connectivity index (χ1n) is 11.6. The van der Waals surface area contributed by atoms with Crippen molar-refractivity contribution >= 4 is 11.8 Å². The zero-order valence-electron chi connectivity index (χ0n) is 17.8. The molecule has 4 saturated carbocycles. The Morgan fingerprint density at radius 3 is 2.57 bits per heavy atom. The van der Waals surface area contributed by atoms with Crippen molar-refractivity contribution in [2.24, 2.45) is 46.3 Å². The Morgan fingerprint density at radius 1 is 1.14 bits per heavy atom. The maximum absolute atomic E-state index is 12.1. The summed E-state index contributed by atoms with van der Waals surface area (Å²) in [6.45, 7) is 7.10. The smallest absolute Gasteiger partial charge is 0.303 e. The molecule has 0 aromatic rings. The third-order valence-corrected chi connectivity index (χ3v) is 10.1. The summed E-state index contributed by atoms with van der Waals surface area (Å²) in [5.74, 6) is 2.52. The molecule has 0 aliphatic heterocycles. The van der Waals surface area contributed by atoms with Crippen molar-refractivity contribution in [1.82, 2.24) is 0 Å². The highest BCUT2D eigenvalue weighted by Gasteiger charge is 2.62. The molecule has 2 N–H and O–H groups in total. The number of carbonyl (C=O) groups is 2. The van der Waals surface area contributed by atoms with Gasteiger partial charge in [0.1, 0.15) is 5.78 Å². The average Bonchev–Trinajstić information content (AvgIpc) is 2.98. The molecule has 0 amide bonds. The maximum atomic E-state index is 12.1. The van der Waals surface area contributed by atoms with Crippen LogP contribution in [0.5, 0.6) is 0 Å². The zero-order valence-corrected chi connectivity index (χ0v) is 17.8. The van der Waals surface area contributed by atoms with Crippen LogP contribution >= 0.6 is 0 Å². The lowest BCUT2D eigenvalue weighted by Crippen LogP contribution is -2.58. The fourth-order valence-electron chi connectivity index (χ4n) is 8.54. The molecule has 0 saturated heterocycles. The molecule has 0 spiro atoms. The molecule has 0 aromatic carbocycles. The molecule has 28 heavy (non-hydrogen) atoms. The van der Waals surface area contributed by atoms with E-state index in [1.54, 1.807) is 0 Å². The summed E-state index contributed by atoms with van der Waals surface area (Å²) < 4.78 is 0. The molecule has 2 unspecified atom stereocenters. The van der Waals surface area contributed by atoms with Gasteiger partial charge in [0, 0.05) is 19.3 Å². The first-order valence-corrected chi connectivity index (χ1v) is 11.6. The number of rotatable bonds is 4. The third-order valence-electron chi connectivity index (χ3n) is 10.1. The molecule has 4 fully saturated rings. The van der Waals surface area contributed by atoms with Gasteiger partial charge in [0.2, 0.25) is 0 Å². The van der Waals surface area contributed by atoms with E-state index in [2.05, 4.69) is 20.8 Å². The normalized spacial score (nSPS) is 49.1. The van der Waals surface area contributed by atoms with Gasteiger partial charge in [0.05, 0.1) is 6.10 Å². The van der Waals surface area contributed by atoms with Crippen LogP contribution in [0.2, 0.25) is 0 Å². The zero-order chi connectivity index (χ0) is 20.3. The molecule has 9 atom stereocenters. The predicted octanol–water partition coefficient (Wildman–Crippen LogP) is 4.69. The molecular formula is C24H38O4. The van der Waals surface area contributed by atoms with E-state index in [4.69, 9.17) is 5.11 Å². The van der Waals surface area contributed by atoms with E-state index in [1.807, 2.05) is 0 Å². The summed E-state index contributed by atoms with van der Waals surface area (Å²) in [5.41, 5.74) is 0.444. The van der Waals surface area contributed by atoms with Crippen molar-refractivity contribution in [3.8, 4) is 0 Å². The number of ketones is 1. The second-order valence-corrected chi connectivity index (χ2v) is 11.2. The lowest BCUT2D eigenvalue weighted by atomic mass is 9.44. The number of Topliss-reactive ketones (excluding diaryl/α,β-unsaturated/α-hetero) is 1. The summed E-state index contributed by atoms with van der Waals surface area (Å²) in [6.07, 6.45) is 8.68. The van der Waals surface area contributed by atoms with Gasteiger partial charge in [-0.1, -0.05) is 20.8 Å². The van der Waals surface area contributed by atoms with Crippen molar-refractivity contribution in [1.29, 1.82) is 0 Å². The minimum Gasteiger partial charge on any atom is -0.481 e. The third kappa shape index (κ3) is 3.05. The van der Waals surface area contributed by atoms with Crippen LogP contribution in [0.3, 0.4) is 0 Å². The quantitative estimate of drug-likeness (QED) is 0.730. The summed E-state index contributed by atoms with van der Waals surface area (Å²) in [7, 11) is 0. The number of aliphatic carboxylic acids is 1. The second kappa shape index (κ2) is 7.11. The van der Waals surface area contributed by atoms with Gasteiger partial charge in [0.15, 0.2) is 0 Å². The van der Waals surface area contributed by atoms with Gasteiger partial charge in [-0.2, -0.15) is 0 Å². The van der Waals surface area contributed by atoms with Crippen LogP contribution in [0.25, 0.3) is 0 Å². The lowest BCUT2D eigenvalue weighted by Gasteiger charge is -2.62. The summed E-state index contributed by atoms with van der Waals surface area (Å²) in [5, 5.41) is 20.3. The molecule has 0 heterocycles. The molecule has 4 aliphatic rings. The molecule has 0 aromatic heterocycles. The molecule has 4 aliphatic carbocycles. The molecule has 158 valence electrons. The molecular weight excluding hydrogens is 352 g/mol. The standard InChI is InChI=1S/C24H38O4/c1-14(4-7-21(27)28)17-5-6-18-22-19(9-11-24(17,18)3)23(2)10-8-16(25)12-15(23)13-20(22)26/h14-15,17-20,22,26H,4-13H2,1-3H3,(H,27,28)/t14-,15+,17-,18?,19?,20-,22+,23+,24-/m1/s1. The van der Waals surface area contributed by atoms with Crippen molar-refractivity contribution in [2.75, 3.05) is 0 Å². The number of carboxylic acid groups (broad SMARTS) is 1. The number of hydrogen-bond donors (Lipinski definition) is 2. The van der Waals surface area contributed by atoms with Crippen LogP contribution in [0.15, 0.2) is 0 Å². The number of carboxylic acids is 1. The lowest BCUT2D eigenvalue weighted by molar-refractivity contribution is -0.169. The van der Waals surface area contributed by atoms with E-state index < -0.39 is 5.97 Å². The first-order chi connectivity index (χ1) is 13.2. The van der Waals surface area contributed by atoms with Gasteiger partial charge in [-0.25, -0.2) is 0 Å². The molecule has 0 bridgehead atoms. The van der Waals surface area contributed by atoms with E-state index >= 15 is 0 Å². The van der Waals surface area contributed by atoms with Crippen molar-refractivity contribution < 1.29 is 19.8 Å². The number of hydrogen-bond acceptors (Lipinski definition) is 3. The molecule has 4 heteroatoms. The minimum atomic E-state index is -0.691. The van der Waals surface area contributed by atoms with Gasteiger partial charge in [-0.15, -0.1) is 0 Å². The van der Waals surface area contributed by atoms with E-state index in [0.29, 0.717) is 47.7 Å². The highest BCUT2D eigenvalue weighted by molar-refractivity contribution is 5.79. The van der Waals surface area contributed by atoms with E-state index in [1.165, 1.54) is 19.3 Å². The number of aliphatic hydroxyl groups is 1. The van der Waals surface area contributed by atoms with Crippen LogP contribution in [0.1, 0.15) is 85.0 Å². The SMILES string of the molecule is C[C@H](CCC(=O)O)[C@H]1CCC2[C@H]3C(CC[C@@]21C)[C@@]1(C)CCC(=O)C[C@H]1C[C@H]3O. The van der Waals surface area contributed by atoms with Gasteiger partial charge in [0.25, 0.3) is 0 Å². The van der Waals surface area contributed by atoms with Crippen molar-refractivity contribution in [3.05, 3.63) is 0 Å². The Bertz CT molecular complexity index is 645. The fourth-order valence-corrected chi connectivity index (χ4v) is 8.54. The Morgan fingerprint density at radius 2 is 1.86 bits per heavy atom. The molecule has 4 nitrogen and oxygen atoms in total. The topological polar surface area (TPSA) is 74.6 Å². The average molecular weight is 391 g/mol. The van der Waals surface area contributed by atoms with Crippen LogP contribution < -0.4 is 0 Å². The largest absolute Gasteiger partial charge is 0.481 e. The van der Waals surface area contributed by atoms with Crippen molar-refractivity contribution in [2.45, 2.75) is 91.1 Å². The minimum absolute atomic E-state index is 0.214. The van der Waals surface area contributed by atoms with Crippen LogP contribution in [-0.4, -0.2) is 28.1 Å². The van der Waals surface area contributed by atoms with Crippen LogP contribution in [0.4, 0.5) is 0 Å². The Kier molecular flexibility index (Phi) is 5.17. The van der Waals surface area contributed by atoms with Crippen LogP contribution in [0, 0.1) is 46.3 Å². The highest BCUT2D eigenvalue weighted by atomic mass is 16.4. The van der Waals surface area contributed by atoms with E-state index in [9.17, 15) is 14.7 Å². The van der Waals surface area contributed by atoms with E-state index in [0.717, 1.165) is 32.1 Å². The first kappa shape index (κ1) is 20.4. The Balaban J connectivity index is 1.56. The van der Waals surface area contributed by atoms with E-state index in [-0.39, 0.29) is 23.4 Å². The van der Waals surface area contributed by atoms with Crippen molar-refractivity contribution in [3.63, 3.8) is 0 Å². The predicted molar refractivity (Wildman–Crippen MR) is 108 cm³/mol.